The van der Waals surface area contributed by atoms with Gasteiger partial charge >= 0.3 is 0 Å². The number of amides is 2. The predicted octanol–water partition coefficient (Wildman–Crippen LogP) is 0.146. The predicted molar refractivity (Wildman–Crippen MR) is 68.4 cm³/mol. The van der Waals surface area contributed by atoms with E-state index >= 15 is 0 Å². The van der Waals surface area contributed by atoms with Gasteiger partial charge in [0.15, 0.2) is 0 Å². The maximum absolute atomic E-state index is 12.4. The van der Waals surface area contributed by atoms with Gasteiger partial charge in [0.05, 0.1) is 12.5 Å². The first-order chi connectivity index (χ1) is 8.58. The lowest BCUT2D eigenvalue weighted by molar-refractivity contribution is -0.139. The van der Waals surface area contributed by atoms with Crippen molar-refractivity contribution in [1.29, 1.82) is 0 Å². The molecule has 0 aliphatic heterocycles. The molecule has 0 heterocycles. The Morgan fingerprint density at radius 2 is 1.89 bits per heavy atom. The maximum atomic E-state index is 12.4. The van der Waals surface area contributed by atoms with Gasteiger partial charge in [-0.15, -0.1) is 0 Å². The number of hydrogen-bond donors (Lipinski definition) is 2. The van der Waals surface area contributed by atoms with Gasteiger partial charge in [-0.3, -0.25) is 9.59 Å². The average Bonchev–Trinajstić information content (AvgIpc) is 2.95. The molecule has 2 aliphatic carbocycles. The Labute approximate surface area is 107 Å². The fourth-order valence-electron chi connectivity index (χ4n) is 2.89. The smallest absolute Gasteiger partial charge is 0.237 e. The molecule has 0 aromatic heterocycles. The zero-order valence-electron chi connectivity index (χ0n) is 10.5. The van der Waals surface area contributed by atoms with Crippen molar-refractivity contribution < 1.29 is 9.59 Å². The summed E-state index contributed by atoms with van der Waals surface area (Å²) in [6.45, 7) is 0.0308. The number of primary amides is 1. The van der Waals surface area contributed by atoms with Gasteiger partial charge in [-0.05, 0) is 19.3 Å². The molecular weight excluding hydrogens is 230 g/mol. The highest BCUT2D eigenvalue weighted by Crippen LogP contribution is 2.27. The van der Waals surface area contributed by atoms with Crippen LogP contribution in [-0.4, -0.2) is 35.3 Å². The minimum atomic E-state index is -0.443. The van der Waals surface area contributed by atoms with Crippen LogP contribution in [0.25, 0.3) is 0 Å². The van der Waals surface area contributed by atoms with E-state index in [0.29, 0.717) is 6.42 Å². The zero-order valence-corrected chi connectivity index (χ0v) is 10.5. The average molecular weight is 251 g/mol. The van der Waals surface area contributed by atoms with Crippen LogP contribution in [0.2, 0.25) is 0 Å². The minimum Gasteiger partial charge on any atom is -0.368 e. The number of hydrogen-bond acceptors (Lipinski definition) is 3. The van der Waals surface area contributed by atoms with Gasteiger partial charge in [-0.25, -0.2) is 0 Å². The Balaban J connectivity index is 2.05. The summed E-state index contributed by atoms with van der Waals surface area (Å²) >= 11 is 0. The van der Waals surface area contributed by atoms with Crippen LogP contribution in [0.3, 0.4) is 0 Å². The van der Waals surface area contributed by atoms with E-state index in [4.69, 9.17) is 11.5 Å². The van der Waals surface area contributed by atoms with E-state index in [0.717, 1.165) is 25.7 Å². The molecule has 5 nitrogen and oxygen atoms in total. The normalized spacial score (nSPS) is 27.6. The third kappa shape index (κ3) is 2.90. The van der Waals surface area contributed by atoms with E-state index in [-0.39, 0.29) is 30.5 Å². The highest BCUT2D eigenvalue weighted by Gasteiger charge is 2.33. The maximum Gasteiger partial charge on any atom is 0.237 e. The van der Waals surface area contributed by atoms with Gasteiger partial charge < -0.3 is 16.4 Å². The minimum absolute atomic E-state index is 0.00454. The Morgan fingerprint density at radius 3 is 2.39 bits per heavy atom. The summed E-state index contributed by atoms with van der Waals surface area (Å²) in [5.41, 5.74) is 11.0. The fourth-order valence-corrected chi connectivity index (χ4v) is 2.89. The molecular formula is C13H21N3O2. The Morgan fingerprint density at radius 1 is 1.22 bits per heavy atom. The molecule has 2 atom stereocenters. The second kappa shape index (κ2) is 5.52. The molecule has 0 saturated heterocycles. The van der Waals surface area contributed by atoms with E-state index in [9.17, 15) is 9.59 Å². The van der Waals surface area contributed by atoms with E-state index < -0.39 is 5.91 Å². The molecule has 4 N–H and O–H groups in total. The van der Waals surface area contributed by atoms with E-state index in [1.165, 1.54) is 0 Å². The highest BCUT2D eigenvalue weighted by molar-refractivity contribution is 5.86. The molecule has 2 aliphatic rings. The van der Waals surface area contributed by atoms with Crippen molar-refractivity contribution in [3.05, 3.63) is 12.2 Å². The van der Waals surface area contributed by atoms with Crippen LogP contribution in [0.5, 0.6) is 0 Å². The first-order valence-electron chi connectivity index (χ1n) is 6.60. The SMILES string of the molecule is NC(=O)CN(C(=O)C1C=CC(N)C1)C1CCCC1. The number of nitrogens with two attached hydrogens (primary N) is 2. The van der Waals surface area contributed by atoms with Gasteiger partial charge in [0, 0.05) is 12.1 Å². The van der Waals surface area contributed by atoms with Crippen LogP contribution in [-0.2, 0) is 9.59 Å². The van der Waals surface area contributed by atoms with Crippen molar-refractivity contribution in [3.8, 4) is 0 Å². The number of carbonyl (C=O) groups excluding carboxylic acids is 2. The summed E-state index contributed by atoms with van der Waals surface area (Å²) < 4.78 is 0. The Kier molecular flexibility index (Phi) is 4.01. The lowest BCUT2D eigenvalue weighted by Gasteiger charge is -2.30. The molecule has 1 fully saturated rings. The standard InChI is InChI=1S/C13H21N3O2/c14-10-6-5-9(7-10)13(18)16(8-12(15)17)11-3-1-2-4-11/h5-6,9-11H,1-4,7-8,14H2,(H2,15,17). The van der Waals surface area contributed by atoms with Gasteiger partial charge in [0.25, 0.3) is 0 Å². The van der Waals surface area contributed by atoms with Crippen LogP contribution < -0.4 is 11.5 Å². The largest absolute Gasteiger partial charge is 0.368 e. The van der Waals surface area contributed by atoms with Crippen molar-refractivity contribution in [3.63, 3.8) is 0 Å². The molecule has 100 valence electrons. The summed E-state index contributed by atoms with van der Waals surface area (Å²) in [6.07, 6.45) is 8.54. The highest BCUT2D eigenvalue weighted by atomic mass is 16.2. The van der Waals surface area contributed by atoms with Crippen LogP contribution in [0.4, 0.5) is 0 Å². The van der Waals surface area contributed by atoms with Crippen molar-refractivity contribution in [1.82, 2.24) is 4.90 Å². The van der Waals surface area contributed by atoms with Crippen molar-refractivity contribution >= 4 is 11.8 Å². The summed E-state index contributed by atoms with van der Waals surface area (Å²) in [4.78, 5) is 25.2. The lowest BCUT2D eigenvalue weighted by Crippen LogP contribution is -2.46. The zero-order chi connectivity index (χ0) is 13.1. The van der Waals surface area contributed by atoms with Crippen LogP contribution in [0.1, 0.15) is 32.1 Å². The quantitative estimate of drug-likeness (QED) is 0.697. The summed E-state index contributed by atoms with van der Waals surface area (Å²) in [5.74, 6) is -0.619. The number of rotatable bonds is 4. The van der Waals surface area contributed by atoms with Gasteiger partial charge in [-0.1, -0.05) is 25.0 Å². The molecule has 2 unspecified atom stereocenters. The first kappa shape index (κ1) is 13.1. The van der Waals surface area contributed by atoms with Crippen LogP contribution in [0.15, 0.2) is 12.2 Å². The molecule has 0 spiro atoms. The van der Waals surface area contributed by atoms with Crippen molar-refractivity contribution in [2.75, 3.05) is 6.54 Å². The van der Waals surface area contributed by atoms with E-state index in [1.54, 1.807) is 4.90 Å². The van der Waals surface area contributed by atoms with E-state index in [1.807, 2.05) is 12.2 Å². The molecule has 0 aromatic rings. The third-order valence-electron chi connectivity index (χ3n) is 3.81. The second-order valence-electron chi connectivity index (χ2n) is 5.26. The number of carbonyl (C=O) groups is 2. The molecule has 5 heteroatoms. The lowest BCUT2D eigenvalue weighted by atomic mass is 10.0. The van der Waals surface area contributed by atoms with Crippen LogP contribution >= 0.6 is 0 Å². The van der Waals surface area contributed by atoms with Crippen molar-refractivity contribution in [2.45, 2.75) is 44.2 Å². The molecule has 0 radical (unpaired) electrons. The summed E-state index contributed by atoms with van der Waals surface area (Å²) in [5, 5.41) is 0. The fraction of sp³-hybridized carbons (Fsp3) is 0.692. The molecule has 0 aromatic carbocycles. The van der Waals surface area contributed by atoms with Crippen molar-refractivity contribution in [2.24, 2.45) is 17.4 Å². The van der Waals surface area contributed by atoms with Gasteiger partial charge in [0.2, 0.25) is 11.8 Å². The third-order valence-corrected chi connectivity index (χ3v) is 3.81. The number of nitrogens with zero attached hydrogens (tertiary/aromatic N) is 1. The van der Waals surface area contributed by atoms with Gasteiger partial charge in [0.1, 0.15) is 0 Å². The molecule has 0 bridgehead atoms. The topological polar surface area (TPSA) is 89.4 Å². The summed E-state index contributed by atoms with van der Waals surface area (Å²) in [7, 11) is 0. The Bertz CT molecular complexity index is 361. The van der Waals surface area contributed by atoms with Gasteiger partial charge in [-0.2, -0.15) is 0 Å². The second-order valence-corrected chi connectivity index (χ2v) is 5.26. The molecule has 1 saturated carbocycles. The Hall–Kier alpha value is -1.36. The molecule has 2 rings (SSSR count). The van der Waals surface area contributed by atoms with Crippen LogP contribution in [0, 0.1) is 5.92 Å². The molecule has 2 amide bonds. The van der Waals surface area contributed by atoms with E-state index in [2.05, 4.69) is 0 Å². The first-order valence-corrected chi connectivity index (χ1v) is 6.60. The monoisotopic (exact) mass is 251 g/mol. The summed E-state index contributed by atoms with van der Waals surface area (Å²) in [6, 6.07) is 0.133. The molecule has 18 heavy (non-hydrogen) atoms.